The Morgan fingerprint density at radius 2 is 1.85 bits per heavy atom. The largest absolute Gasteiger partial charge is 0.401 e. The van der Waals surface area contributed by atoms with E-state index >= 15 is 0 Å². The van der Waals surface area contributed by atoms with Crippen LogP contribution in [0.2, 0.25) is 0 Å². The molecule has 0 atom stereocenters. The van der Waals surface area contributed by atoms with Gasteiger partial charge >= 0.3 is 6.18 Å². The van der Waals surface area contributed by atoms with Crippen LogP contribution in [-0.4, -0.2) is 50.3 Å². The van der Waals surface area contributed by atoms with Crippen LogP contribution in [-0.2, 0) is 6.54 Å². The van der Waals surface area contributed by atoms with Crippen molar-refractivity contribution in [1.82, 2.24) is 15.5 Å². The average molecular weight is 502 g/mol. The van der Waals surface area contributed by atoms with E-state index in [1.807, 2.05) is 0 Å². The summed E-state index contributed by atoms with van der Waals surface area (Å²) in [6.45, 7) is 1.18. The van der Waals surface area contributed by atoms with Crippen molar-refractivity contribution in [2.75, 3.05) is 33.2 Å². The molecule has 1 aliphatic rings. The van der Waals surface area contributed by atoms with Gasteiger partial charge in [-0.3, -0.25) is 9.89 Å². The average Bonchev–Trinajstić information content (AvgIpc) is 2.59. The molecule has 0 radical (unpaired) electrons. The normalized spacial score (nSPS) is 16.7. The summed E-state index contributed by atoms with van der Waals surface area (Å²) in [6, 6.07) is 6.55. The van der Waals surface area contributed by atoms with Crippen molar-refractivity contribution < 1.29 is 17.6 Å². The molecule has 1 heterocycles. The van der Waals surface area contributed by atoms with E-state index < -0.39 is 12.7 Å². The van der Waals surface area contributed by atoms with Crippen LogP contribution in [0.25, 0.3) is 0 Å². The Kier molecular flexibility index (Phi) is 10.4. The van der Waals surface area contributed by atoms with Crippen LogP contribution in [0.15, 0.2) is 29.3 Å². The molecule has 2 N–H and O–H groups in total. The third kappa shape index (κ3) is 9.09. The van der Waals surface area contributed by atoms with Gasteiger partial charge in [0, 0.05) is 25.7 Å². The molecular weight excluding hydrogens is 475 g/mol. The van der Waals surface area contributed by atoms with Gasteiger partial charge in [0.05, 0.1) is 6.54 Å². The molecule has 0 aliphatic carbocycles. The number of rotatable bonds is 6. The van der Waals surface area contributed by atoms with Gasteiger partial charge in [0.2, 0.25) is 0 Å². The molecule has 1 aliphatic heterocycles. The highest BCUT2D eigenvalue weighted by atomic mass is 127. The number of nitrogens with zero attached hydrogens (tertiary/aromatic N) is 2. The first-order chi connectivity index (χ1) is 12.4. The number of halogens is 5. The fraction of sp³-hybridized carbons (Fsp3) is 0.611. The van der Waals surface area contributed by atoms with E-state index in [0.717, 1.165) is 19.3 Å². The smallest absolute Gasteiger partial charge is 0.356 e. The molecule has 1 aromatic carbocycles. The molecule has 0 unspecified atom stereocenters. The summed E-state index contributed by atoms with van der Waals surface area (Å²) in [7, 11) is 1.65. The maximum atomic E-state index is 13.6. The molecule has 0 bridgehead atoms. The van der Waals surface area contributed by atoms with Crippen molar-refractivity contribution in [2.45, 2.75) is 32.0 Å². The zero-order chi connectivity index (χ0) is 19.0. The molecule has 0 saturated carbocycles. The molecule has 2 rings (SSSR count). The van der Waals surface area contributed by atoms with E-state index in [9.17, 15) is 17.6 Å². The van der Waals surface area contributed by atoms with E-state index in [2.05, 4.69) is 15.6 Å². The summed E-state index contributed by atoms with van der Waals surface area (Å²) < 4.78 is 50.8. The third-order valence-electron chi connectivity index (χ3n) is 4.58. The van der Waals surface area contributed by atoms with Gasteiger partial charge in [0.25, 0.3) is 0 Å². The lowest BCUT2D eigenvalue weighted by molar-refractivity contribution is -0.148. The lowest BCUT2D eigenvalue weighted by Crippen LogP contribution is -2.41. The number of benzene rings is 1. The van der Waals surface area contributed by atoms with Crippen LogP contribution in [0.4, 0.5) is 17.6 Å². The van der Waals surface area contributed by atoms with Crippen LogP contribution < -0.4 is 10.6 Å². The standard InChI is InChI=1S/C18H26F4N4.HI/c1-23-17(25-12-15-4-2-3-5-16(15)19)24-9-6-14-7-10-26(11-8-14)13-18(20,21)22;/h2-5,14H,6-13H2,1H3,(H2,23,24,25);1H. The topological polar surface area (TPSA) is 39.7 Å². The van der Waals surface area contributed by atoms with Gasteiger partial charge in [-0.25, -0.2) is 4.39 Å². The maximum Gasteiger partial charge on any atom is 0.401 e. The summed E-state index contributed by atoms with van der Waals surface area (Å²) in [5, 5.41) is 6.24. The third-order valence-corrected chi connectivity index (χ3v) is 4.58. The maximum absolute atomic E-state index is 13.6. The quantitative estimate of drug-likeness (QED) is 0.270. The van der Waals surface area contributed by atoms with Gasteiger partial charge in [-0.1, -0.05) is 18.2 Å². The Morgan fingerprint density at radius 3 is 2.44 bits per heavy atom. The lowest BCUT2D eigenvalue weighted by atomic mass is 9.93. The highest BCUT2D eigenvalue weighted by Crippen LogP contribution is 2.23. The number of alkyl halides is 3. The van der Waals surface area contributed by atoms with E-state index in [1.54, 1.807) is 25.2 Å². The van der Waals surface area contributed by atoms with Crippen molar-refractivity contribution in [3.63, 3.8) is 0 Å². The minimum absolute atomic E-state index is 0. The molecule has 1 saturated heterocycles. The van der Waals surface area contributed by atoms with Crippen LogP contribution in [0.1, 0.15) is 24.8 Å². The fourth-order valence-electron chi connectivity index (χ4n) is 3.12. The Hall–Kier alpha value is -1.10. The number of likely N-dealkylation sites (tertiary alicyclic amines) is 1. The number of nitrogens with one attached hydrogen (secondary N) is 2. The van der Waals surface area contributed by atoms with Gasteiger partial charge in [0.15, 0.2) is 5.96 Å². The molecule has 0 amide bonds. The highest BCUT2D eigenvalue weighted by molar-refractivity contribution is 14.0. The summed E-state index contributed by atoms with van der Waals surface area (Å²) in [5.74, 6) is 0.737. The summed E-state index contributed by atoms with van der Waals surface area (Å²) >= 11 is 0. The lowest BCUT2D eigenvalue weighted by Gasteiger charge is -2.32. The first-order valence-electron chi connectivity index (χ1n) is 8.84. The van der Waals surface area contributed by atoms with Gasteiger partial charge in [-0.15, -0.1) is 24.0 Å². The molecule has 4 nitrogen and oxygen atoms in total. The number of hydrogen-bond donors (Lipinski definition) is 2. The highest BCUT2D eigenvalue weighted by Gasteiger charge is 2.32. The van der Waals surface area contributed by atoms with Crippen molar-refractivity contribution in [1.29, 1.82) is 0 Å². The molecule has 0 aromatic heterocycles. The van der Waals surface area contributed by atoms with Crippen LogP contribution in [0.3, 0.4) is 0 Å². The van der Waals surface area contributed by atoms with Crippen LogP contribution >= 0.6 is 24.0 Å². The Morgan fingerprint density at radius 1 is 1.19 bits per heavy atom. The van der Waals surface area contributed by atoms with Gasteiger partial charge in [-0.2, -0.15) is 13.2 Å². The van der Waals surface area contributed by atoms with E-state index in [-0.39, 0.29) is 29.8 Å². The SMILES string of the molecule is CN=C(NCCC1CCN(CC(F)(F)F)CC1)NCc1ccccc1F.I. The van der Waals surface area contributed by atoms with Crippen molar-refractivity contribution >= 4 is 29.9 Å². The van der Waals surface area contributed by atoms with E-state index in [4.69, 9.17) is 0 Å². The molecule has 1 aromatic rings. The second-order valence-corrected chi connectivity index (χ2v) is 6.57. The molecule has 27 heavy (non-hydrogen) atoms. The fourth-order valence-corrected chi connectivity index (χ4v) is 3.12. The van der Waals surface area contributed by atoms with Gasteiger partial charge < -0.3 is 10.6 Å². The van der Waals surface area contributed by atoms with E-state index in [1.165, 1.54) is 11.0 Å². The predicted molar refractivity (Wildman–Crippen MR) is 110 cm³/mol. The molecule has 9 heteroatoms. The van der Waals surface area contributed by atoms with Gasteiger partial charge in [-0.05, 0) is 44.3 Å². The predicted octanol–water partition coefficient (Wildman–Crippen LogP) is 3.77. The molecule has 0 spiro atoms. The summed E-state index contributed by atoms with van der Waals surface area (Å²) in [5.41, 5.74) is 0.562. The first kappa shape index (κ1) is 23.9. The van der Waals surface area contributed by atoms with E-state index in [0.29, 0.717) is 43.6 Å². The number of hydrogen-bond acceptors (Lipinski definition) is 2. The Bertz CT molecular complexity index is 587. The summed E-state index contributed by atoms with van der Waals surface area (Å²) in [6.07, 6.45) is -1.69. The molecular formula is C18H27F4IN4. The minimum Gasteiger partial charge on any atom is -0.356 e. The second-order valence-electron chi connectivity index (χ2n) is 6.57. The monoisotopic (exact) mass is 502 g/mol. The van der Waals surface area contributed by atoms with Crippen molar-refractivity contribution in [2.24, 2.45) is 10.9 Å². The minimum atomic E-state index is -4.12. The zero-order valence-corrected chi connectivity index (χ0v) is 17.7. The van der Waals surface area contributed by atoms with Crippen molar-refractivity contribution in [3.05, 3.63) is 35.6 Å². The zero-order valence-electron chi connectivity index (χ0n) is 15.4. The number of aliphatic imine (C=N–C) groups is 1. The number of piperidine rings is 1. The molecule has 154 valence electrons. The molecule has 1 fully saturated rings. The Balaban J connectivity index is 0.00000364. The van der Waals surface area contributed by atoms with Crippen LogP contribution in [0.5, 0.6) is 0 Å². The van der Waals surface area contributed by atoms with Crippen LogP contribution in [0, 0.1) is 11.7 Å². The number of guanidine groups is 1. The first-order valence-corrected chi connectivity index (χ1v) is 8.84. The van der Waals surface area contributed by atoms with Crippen molar-refractivity contribution in [3.8, 4) is 0 Å². The summed E-state index contributed by atoms with van der Waals surface area (Å²) in [4.78, 5) is 5.58. The van der Waals surface area contributed by atoms with Gasteiger partial charge in [0.1, 0.15) is 5.82 Å². The second kappa shape index (κ2) is 11.7. The Labute approximate surface area is 174 Å².